The SMILES string of the molecule is CN(CCO)c1cc(C(=O)Nc2cccc(CNc3ncnc4c(OC(N)=O)cccc34)c2)ccn1. The molecule has 2 amide bonds. The monoisotopic (exact) mass is 487 g/mol. The van der Waals surface area contributed by atoms with Gasteiger partial charge in [-0.1, -0.05) is 18.2 Å². The minimum atomic E-state index is -0.922. The number of aliphatic hydroxyl groups excluding tert-OH is 1. The van der Waals surface area contributed by atoms with Crippen molar-refractivity contribution >= 4 is 40.2 Å². The van der Waals surface area contributed by atoms with Crippen molar-refractivity contribution in [1.29, 1.82) is 0 Å². The fraction of sp³-hybridized carbons (Fsp3) is 0.160. The number of primary amides is 1. The van der Waals surface area contributed by atoms with Crippen LogP contribution in [0.15, 0.2) is 67.1 Å². The average molecular weight is 488 g/mol. The van der Waals surface area contributed by atoms with Crippen molar-refractivity contribution in [2.24, 2.45) is 5.73 Å². The number of nitrogens with two attached hydrogens (primary N) is 1. The third-order valence-electron chi connectivity index (χ3n) is 5.32. The summed E-state index contributed by atoms with van der Waals surface area (Å²) in [5, 5.41) is 16.0. The molecule has 0 fully saturated rings. The number of fused-ring (bicyclic) bond motifs is 1. The first kappa shape index (κ1) is 24.4. The quantitative estimate of drug-likeness (QED) is 0.279. The lowest BCUT2D eigenvalue weighted by molar-refractivity contribution is 0.102. The summed E-state index contributed by atoms with van der Waals surface area (Å²) in [5.41, 5.74) is 7.59. The van der Waals surface area contributed by atoms with Gasteiger partial charge in [0, 0.05) is 43.0 Å². The number of hydrogen-bond acceptors (Lipinski definition) is 9. The second-order valence-electron chi connectivity index (χ2n) is 7.85. The third kappa shape index (κ3) is 5.83. The van der Waals surface area contributed by atoms with Crippen molar-refractivity contribution in [2.45, 2.75) is 6.54 Å². The summed E-state index contributed by atoms with van der Waals surface area (Å²) in [6.45, 7) is 0.818. The van der Waals surface area contributed by atoms with Gasteiger partial charge in [-0.25, -0.2) is 19.7 Å². The Labute approximate surface area is 207 Å². The molecule has 184 valence electrons. The number of ether oxygens (including phenoxy) is 1. The first-order chi connectivity index (χ1) is 17.4. The van der Waals surface area contributed by atoms with Crippen LogP contribution in [0.4, 0.5) is 22.1 Å². The van der Waals surface area contributed by atoms with Crippen molar-refractivity contribution in [3.8, 4) is 5.75 Å². The molecule has 2 aromatic heterocycles. The minimum absolute atomic E-state index is 0.0114. The normalized spacial score (nSPS) is 10.6. The summed E-state index contributed by atoms with van der Waals surface area (Å²) in [6, 6.07) is 15.9. The molecule has 0 bridgehead atoms. The van der Waals surface area contributed by atoms with Crippen LogP contribution in [-0.2, 0) is 6.54 Å². The highest BCUT2D eigenvalue weighted by Gasteiger charge is 2.12. The fourth-order valence-electron chi connectivity index (χ4n) is 3.57. The Balaban J connectivity index is 1.46. The number of hydrogen-bond donors (Lipinski definition) is 4. The number of rotatable bonds is 9. The Morgan fingerprint density at radius 3 is 2.72 bits per heavy atom. The standard InChI is InChI=1S/C25H25N7O4/c1-32(10-11-33)21-13-17(8-9-27-21)24(34)31-18-5-2-4-16(12-18)14-28-23-19-6-3-7-20(36-25(26)35)22(19)29-15-30-23/h2-9,12-13,15,33H,10-11,14H2,1H3,(H2,26,35)(H,31,34)(H,28,29,30). The molecule has 5 N–H and O–H groups in total. The van der Waals surface area contributed by atoms with Crippen molar-refractivity contribution in [1.82, 2.24) is 15.0 Å². The van der Waals surface area contributed by atoms with Crippen molar-refractivity contribution in [2.75, 3.05) is 35.7 Å². The lowest BCUT2D eigenvalue weighted by Gasteiger charge is -2.17. The summed E-state index contributed by atoms with van der Waals surface area (Å²) < 4.78 is 5.03. The van der Waals surface area contributed by atoms with E-state index in [0.717, 1.165) is 5.56 Å². The van der Waals surface area contributed by atoms with E-state index in [0.29, 0.717) is 46.9 Å². The second kappa shape index (κ2) is 11.1. The molecule has 0 atom stereocenters. The molecule has 11 heteroatoms. The molecular weight excluding hydrogens is 462 g/mol. The van der Waals surface area contributed by atoms with Gasteiger partial charge in [-0.05, 0) is 42.0 Å². The van der Waals surface area contributed by atoms with Gasteiger partial charge in [0.25, 0.3) is 5.91 Å². The molecule has 11 nitrogen and oxygen atoms in total. The molecule has 36 heavy (non-hydrogen) atoms. The van der Waals surface area contributed by atoms with Crippen LogP contribution in [0.25, 0.3) is 10.9 Å². The smallest absolute Gasteiger partial charge is 0.408 e. The highest BCUT2D eigenvalue weighted by Crippen LogP contribution is 2.28. The van der Waals surface area contributed by atoms with Gasteiger partial charge in [0.1, 0.15) is 23.5 Å². The van der Waals surface area contributed by atoms with Gasteiger partial charge in [-0.15, -0.1) is 0 Å². The zero-order chi connectivity index (χ0) is 25.5. The van der Waals surface area contributed by atoms with Gasteiger partial charge in [-0.3, -0.25) is 4.79 Å². The molecule has 2 aromatic carbocycles. The summed E-state index contributed by atoms with van der Waals surface area (Å²) in [4.78, 5) is 38.5. The highest BCUT2D eigenvalue weighted by molar-refractivity contribution is 6.04. The maximum Gasteiger partial charge on any atom is 0.410 e. The van der Waals surface area contributed by atoms with Gasteiger partial charge >= 0.3 is 6.09 Å². The Morgan fingerprint density at radius 2 is 1.92 bits per heavy atom. The number of amides is 2. The molecule has 0 saturated heterocycles. The zero-order valence-electron chi connectivity index (χ0n) is 19.5. The average Bonchev–Trinajstić information content (AvgIpc) is 2.88. The van der Waals surface area contributed by atoms with Crippen LogP contribution in [0.5, 0.6) is 5.75 Å². The Hall–Kier alpha value is -4.77. The zero-order valence-corrected chi connectivity index (χ0v) is 19.5. The number of pyridine rings is 1. The van der Waals surface area contributed by atoms with Gasteiger partial charge in [0.05, 0.1) is 6.61 Å². The summed E-state index contributed by atoms with van der Waals surface area (Å²) in [6.07, 6.45) is 2.01. The van der Waals surface area contributed by atoms with E-state index < -0.39 is 6.09 Å². The van der Waals surface area contributed by atoms with Crippen molar-refractivity contribution < 1.29 is 19.4 Å². The third-order valence-corrected chi connectivity index (χ3v) is 5.32. The topological polar surface area (TPSA) is 156 Å². The van der Waals surface area contributed by atoms with Crippen LogP contribution in [0.1, 0.15) is 15.9 Å². The van der Waals surface area contributed by atoms with E-state index in [1.165, 1.54) is 6.33 Å². The number of aromatic nitrogens is 3. The number of aliphatic hydroxyl groups is 1. The number of anilines is 3. The number of nitrogens with one attached hydrogen (secondary N) is 2. The molecular formula is C25H25N7O4. The minimum Gasteiger partial charge on any atom is -0.408 e. The largest absolute Gasteiger partial charge is 0.410 e. The number of nitrogens with zero attached hydrogens (tertiary/aromatic N) is 4. The van der Waals surface area contributed by atoms with Crippen LogP contribution in [0, 0.1) is 0 Å². The van der Waals surface area contributed by atoms with Crippen molar-refractivity contribution in [3.63, 3.8) is 0 Å². The molecule has 0 aliphatic heterocycles. The molecule has 4 rings (SSSR count). The maximum absolute atomic E-state index is 12.8. The van der Waals surface area contributed by atoms with E-state index in [-0.39, 0.29) is 18.3 Å². The van der Waals surface area contributed by atoms with E-state index in [4.69, 9.17) is 15.6 Å². The Morgan fingerprint density at radius 1 is 1.08 bits per heavy atom. The molecule has 0 aliphatic rings. The Kier molecular flexibility index (Phi) is 7.51. The first-order valence-corrected chi connectivity index (χ1v) is 11.1. The number of benzene rings is 2. The lowest BCUT2D eigenvalue weighted by Crippen LogP contribution is -2.23. The van der Waals surface area contributed by atoms with E-state index in [2.05, 4.69) is 25.6 Å². The fourth-order valence-corrected chi connectivity index (χ4v) is 3.57. The van der Waals surface area contributed by atoms with Crippen LogP contribution in [0.2, 0.25) is 0 Å². The molecule has 0 unspecified atom stereocenters. The number of likely N-dealkylation sites (N-methyl/N-ethyl adjacent to an activating group) is 1. The molecule has 0 radical (unpaired) electrons. The van der Waals surface area contributed by atoms with Gasteiger partial charge in [0.15, 0.2) is 5.75 Å². The number of carbonyl (C=O) groups is 2. The maximum atomic E-state index is 12.8. The predicted octanol–water partition coefficient (Wildman–Crippen LogP) is 2.78. The first-order valence-electron chi connectivity index (χ1n) is 11.1. The van der Waals surface area contributed by atoms with E-state index >= 15 is 0 Å². The summed E-state index contributed by atoms with van der Waals surface area (Å²) in [5.74, 6) is 1.12. The van der Waals surface area contributed by atoms with Gasteiger partial charge < -0.3 is 31.1 Å². The second-order valence-corrected chi connectivity index (χ2v) is 7.85. The highest BCUT2D eigenvalue weighted by atomic mass is 16.5. The van der Waals surface area contributed by atoms with E-state index in [1.807, 2.05) is 24.3 Å². The molecule has 0 aliphatic carbocycles. The van der Waals surface area contributed by atoms with Crippen molar-refractivity contribution in [3.05, 3.63) is 78.2 Å². The lowest BCUT2D eigenvalue weighted by atomic mass is 10.1. The van der Waals surface area contributed by atoms with E-state index in [1.54, 1.807) is 48.5 Å². The Bertz CT molecular complexity index is 1400. The summed E-state index contributed by atoms with van der Waals surface area (Å²) >= 11 is 0. The molecule has 0 saturated carbocycles. The molecule has 4 aromatic rings. The van der Waals surface area contributed by atoms with Crippen LogP contribution >= 0.6 is 0 Å². The van der Waals surface area contributed by atoms with Crippen LogP contribution in [-0.4, -0.2) is 52.3 Å². The van der Waals surface area contributed by atoms with E-state index in [9.17, 15) is 9.59 Å². The van der Waals surface area contributed by atoms with Crippen LogP contribution < -0.4 is 26.0 Å². The number of para-hydroxylation sites is 1. The molecule has 0 spiro atoms. The van der Waals surface area contributed by atoms with Gasteiger partial charge in [0.2, 0.25) is 0 Å². The predicted molar refractivity (Wildman–Crippen MR) is 136 cm³/mol. The number of carbonyl (C=O) groups excluding carboxylic acids is 2. The summed E-state index contributed by atoms with van der Waals surface area (Å²) in [7, 11) is 1.79. The van der Waals surface area contributed by atoms with Crippen LogP contribution in [0.3, 0.4) is 0 Å². The molecule has 2 heterocycles. The van der Waals surface area contributed by atoms with Gasteiger partial charge in [-0.2, -0.15) is 0 Å².